The number of aromatic nitrogens is 3. The predicted molar refractivity (Wildman–Crippen MR) is 87.1 cm³/mol. The average Bonchev–Trinajstić information content (AvgIpc) is 3.16. The highest BCUT2D eigenvalue weighted by Gasteiger charge is 2.10. The molecule has 0 unspecified atom stereocenters. The molecule has 0 aliphatic carbocycles. The first-order valence-corrected chi connectivity index (χ1v) is 7.95. The molecular formula is C16H15N3O3S. The smallest absolute Gasteiger partial charge is 0.307 e. The van der Waals surface area contributed by atoms with Crippen LogP contribution < -0.4 is 4.87 Å². The number of H-pyrrole nitrogens is 2. The van der Waals surface area contributed by atoms with Gasteiger partial charge in [-0.15, -0.1) is 0 Å². The molecule has 0 saturated heterocycles. The maximum Gasteiger partial charge on any atom is 0.307 e. The first-order valence-electron chi connectivity index (χ1n) is 7.13. The Morgan fingerprint density at radius 1 is 1.26 bits per heavy atom. The second-order valence-electron chi connectivity index (χ2n) is 5.12. The lowest BCUT2D eigenvalue weighted by molar-refractivity contribution is 0.0982. The number of Topliss-reactive ketones (excluding diaryl/α,β-unsaturated/α-hetero) is 1. The van der Waals surface area contributed by atoms with Crippen LogP contribution in [0.3, 0.4) is 0 Å². The van der Waals surface area contributed by atoms with Crippen LogP contribution in [0.15, 0.2) is 41.5 Å². The molecule has 0 atom stereocenters. The minimum absolute atomic E-state index is 0.0575. The van der Waals surface area contributed by atoms with E-state index < -0.39 is 0 Å². The number of nitrogens with zero attached hydrogens (tertiary/aromatic N) is 1. The summed E-state index contributed by atoms with van der Waals surface area (Å²) < 4.78 is 0. The van der Waals surface area contributed by atoms with Crippen LogP contribution >= 0.6 is 11.3 Å². The van der Waals surface area contributed by atoms with Crippen molar-refractivity contribution in [2.24, 2.45) is 0 Å². The van der Waals surface area contributed by atoms with Crippen LogP contribution in [0.2, 0.25) is 0 Å². The van der Waals surface area contributed by atoms with Crippen molar-refractivity contribution in [2.75, 3.05) is 0 Å². The lowest BCUT2D eigenvalue weighted by atomic mass is 10.0. The van der Waals surface area contributed by atoms with Crippen LogP contribution in [0.5, 0.6) is 5.88 Å². The van der Waals surface area contributed by atoms with Gasteiger partial charge in [-0.25, -0.2) is 4.98 Å². The van der Waals surface area contributed by atoms with E-state index in [4.69, 9.17) is 0 Å². The fourth-order valence-corrected chi connectivity index (χ4v) is 3.03. The Bertz CT molecular complexity index is 848. The number of benzene rings is 1. The van der Waals surface area contributed by atoms with Crippen LogP contribution in [0.4, 0.5) is 0 Å². The number of thiazole rings is 1. The highest BCUT2D eigenvalue weighted by atomic mass is 32.1. The van der Waals surface area contributed by atoms with Gasteiger partial charge in [0.1, 0.15) is 5.82 Å². The number of carbonyl (C=O) groups is 1. The summed E-state index contributed by atoms with van der Waals surface area (Å²) in [5.41, 5.74) is 1.57. The SMILES string of the molecule is O=C(CCc1ncc[nH]1)c1ccc(Cc2sc(=O)[nH]c2O)cc1. The summed E-state index contributed by atoms with van der Waals surface area (Å²) in [7, 11) is 0. The fraction of sp³-hybridized carbons (Fsp3) is 0.188. The third-order valence-corrected chi connectivity index (χ3v) is 4.36. The van der Waals surface area contributed by atoms with Crippen molar-refractivity contribution in [2.45, 2.75) is 19.3 Å². The molecule has 6 nitrogen and oxygen atoms in total. The van der Waals surface area contributed by atoms with Gasteiger partial charge >= 0.3 is 4.87 Å². The summed E-state index contributed by atoms with van der Waals surface area (Å²) in [6.07, 6.45) is 4.83. The Kier molecular flexibility index (Phi) is 4.38. The lowest BCUT2D eigenvalue weighted by Crippen LogP contribution is -2.02. The number of aromatic amines is 2. The van der Waals surface area contributed by atoms with Gasteiger partial charge in [0, 0.05) is 37.2 Å². The van der Waals surface area contributed by atoms with Gasteiger partial charge in [0.25, 0.3) is 0 Å². The van der Waals surface area contributed by atoms with Crippen LogP contribution in [0, 0.1) is 0 Å². The van der Waals surface area contributed by atoms with E-state index in [0.717, 1.165) is 22.7 Å². The second kappa shape index (κ2) is 6.62. The summed E-state index contributed by atoms with van der Waals surface area (Å²) in [5, 5.41) is 9.59. The standard InChI is InChI=1S/C16H15N3O3S/c20-12(5-6-14-17-7-8-18-14)11-3-1-10(2-4-11)9-13-15(21)19-16(22)23-13/h1-4,7-8,21H,5-6,9H2,(H,17,18)(H,19,22). The topological polar surface area (TPSA) is 98.8 Å². The van der Waals surface area contributed by atoms with E-state index in [2.05, 4.69) is 15.0 Å². The minimum atomic E-state index is -0.276. The number of nitrogens with one attached hydrogen (secondary N) is 2. The summed E-state index contributed by atoms with van der Waals surface area (Å²) in [4.78, 5) is 33.0. The number of hydrogen-bond donors (Lipinski definition) is 3. The van der Waals surface area contributed by atoms with Gasteiger partial charge in [-0.05, 0) is 5.56 Å². The molecule has 3 N–H and O–H groups in total. The summed E-state index contributed by atoms with van der Waals surface area (Å²) >= 11 is 0.988. The Hall–Kier alpha value is -2.67. The van der Waals surface area contributed by atoms with Crippen molar-refractivity contribution in [3.05, 3.63) is 68.2 Å². The lowest BCUT2D eigenvalue weighted by Gasteiger charge is -2.03. The maximum absolute atomic E-state index is 12.1. The minimum Gasteiger partial charge on any atom is -0.494 e. The molecular weight excluding hydrogens is 314 g/mol. The Morgan fingerprint density at radius 2 is 2.04 bits per heavy atom. The number of carbonyl (C=O) groups excluding carboxylic acids is 1. The van der Waals surface area contributed by atoms with Crippen LogP contribution in [0.25, 0.3) is 0 Å². The van der Waals surface area contributed by atoms with Crippen LogP contribution in [0.1, 0.15) is 33.0 Å². The van der Waals surface area contributed by atoms with E-state index in [1.54, 1.807) is 24.5 Å². The first-order chi connectivity index (χ1) is 11.1. The predicted octanol–water partition coefficient (Wildman–Crippen LogP) is 2.27. The Morgan fingerprint density at radius 3 is 2.65 bits per heavy atom. The third-order valence-electron chi connectivity index (χ3n) is 3.48. The Labute approximate surface area is 135 Å². The monoisotopic (exact) mass is 329 g/mol. The molecule has 2 aromatic heterocycles. The molecule has 0 amide bonds. The molecule has 118 valence electrons. The highest BCUT2D eigenvalue weighted by Crippen LogP contribution is 2.20. The van der Waals surface area contributed by atoms with Crippen molar-refractivity contribution in [3.63, 3.8) is 0 Å². The van der Waals surface area contributed by atoms with E-state index in [1.807, 2.05) is 12.1 Å². The van der Waals surface area contributed by atoms with Gasteiger partial charge in [-0.2, -0.15) is 0 Å². The molecule has 0 fully saturated rings. The maximum atomic E-state index is 12.1. The number of aromatic hydroxyl groups is 1. The molecule has 0 aliphatic rings. The zero-order valence-corrected chi connectivity index (χ0v) is 13.0. The number of imidazole rings is 1. The summed E-state index contributed by atoms with van der Waals surface area (Å²) in [5.74, 6) is 0.772. The molecule has 23 heavy (non-hydrogen) atoms. The largest absolute Gasteiger partial charge is 0.494 e. The van der Waals surface area contributed by atoms with Crippen molar-refractivity contribution >= 4 is 17.1 Å². The van der Waals surface area contributed by atoms with E-state index in [9.17, 15) is 14.7 Å². The third kappa shape index (κ3) is 3.75. The molecule has 3 rings (SSSR count). The molecule has 0 radical (unpaired) electrons. The first kappa shape index (κ1) is 15.2. The van der Waals surface area contributed by atoms with E-state index >= 15 is 0 Å². The second-order valence-corrected chi connectivity index (χ2v) is 6.19. The van der Waals surface area contributed by atoms with Crippen molar-refractivity contribution in [1.29, 1.82) is 0 Å². The Balaban J connectivity index is 1.63. The highest BCUT2D eigenvalue weighted by molar-refractivity contribution is 7.09. The molecule has 1 aromatic carbocycles. The van der Waals surface area contributed by atoms with Crippen molar-refractivity contribution < 1.29 is 9.90 Å². The van der Waals surface area contributed by atoms with Gasteiger partial charge in [-0.3, -0.25) is 14.6 Å². The summed E-state index contributed by atoms with van der Waals surface area (Å²) in [6.45, 7) is 0. The summed E-state index contributed by atoms with van der Waals surface area (Å²) in [6, 6.07) is 7.21. The van der Waals surface area contributed by atoms with E-state index in [-0.39, 0.29) is 16.5 Å². The number of ketones is 1. The van der Waals surface area contributed by atoms with Crippen molar-refractivity contribution in [1.82, 2.24) is 15.0 Å². The van der Waals surface area contributed by atoms with E-state index in [1.165, 1.54) is 0 Å². The molecule has 0 aliphatic heterocycles. The molecule has 0 saturated carbocycles. The van der Waals surface area contributed by atoms with E-state index in [0.29, 0.717) is 29.7 Å². The normalized spacial score (nSPS) is 10.8. The zero-order chi connectivity index (χ0) is 16.2. The van der Waals surface area contributed by atoms with Gasteiger partial charge in [0.2, 0.25) is 5.88 Å². The van der Waals surface area contributed by atoms with Crippen LogP contribution in [-0.4, -0.2) is 25.8 Å². The fourth-order valence-electron chi connectivity index (χ4n) is 2.28. The number of hydrogen-bond acceptors (Lipinski definition) is 5. The molecule has 0 spiro atoms. The molecule has 3 aromatic rings. The number of aryl methyl sites for hydroxylation is 1. The molecule has 7 heteroatoms. The van der Waals surface area contributed by atoms with Gasteiger partial charge in [-0.1, -0.05) is 35.6 Å². The van der Waals surface area contributed by atoms with Gasteiger partial charge in [0.05, 0.1) is 4.88 Å². The van der Waals surface area contributed by atoms with Crippen molar-refractivity contribution in [3.8, 4) is 5.88 Å². The molecule has 2 heterocycles. The zero-order valence-electron chi connectivity index (χ0n) is 12.2. The molecule has 0 bridgehead atoms. The van der Waals surface area contributed by atoms with Crippen LogP contribution in [-0.2, 0) is 12.8 Å². The average molecular weight is 329 g/mol. The quantitative estimate of drug-likeness (QED) is 0.604. The van der Waals surface area contributed by atoms with Gasteiger partial charge in [0.15, 0.2) is 5.78 Å². The van der Waals surface area contributed by atoms with Gasteiger partial charge < -0.3 is 10.1 Å². The number of rotatable bonds is 6.